The molecular weight excluding hydrogens is 907 g/mol. The number of hydrogen-bond donors (Lipinski definition) is 4. The summed E-state index contributed by atoms with van der Waals surface area (Å²) in [5.41, 5.74) is -7.41. The molecule has 3 fully saturated rings. The number of nitrogens with one attached hydrogen (secondary N) is 2. The first kappa shape index (κ1) is 51.4. The van der Waals surface area contributed by atoms with Crippen molar-refractivity contribution in [1.82, 2.24) is 15.5 Å². The van der Waals surface area contributed by atoms with Crippen molar-refractivity contribution < 1.29 is 72.2 Å². The average Bonchev–Trinajstić information content (AvgIpc) is 3.31. The number of carbonyl (C=O) groups is 7. The molecule has 11 atom stereocenters. The summed E-state index contributed by atoms with van der Waals surface area (Å²) in [6, 6.07) is 22.9. The van der Waals surface area contributed by atoms with Gasteiger partial charge >= 0.3 is 30.0 Å². The molecule has 0 aromatic heterocycles. The highest BCUT2D eigenvalue weighted by Crippen LogP contribution is 2.65. The van der Waals surface area contributed by atoms with Crippen LogP contribution in [0.3, 0.4) is 0 Å². The number of amides is 2. The van der Waals surface area contributed by atoms with Crippen molar-refractivity contribution in [3.8, 4) is 0 Å². The molecule has 7 rings (SSSR count). The number of carbonyl (C=O) groups excluding carboxylic acids is 7. The van der Waals surface area contributed by atoms with Gasteiger partial charge in [0, 0.05) is 50.8 Å². The highest BCUT2D eigenvalue weighted by Gasteiger charge is 2.79. The van der Waals surface area contributed by atoms with E-state index in [9.17, 15) is 39.0 Å². The molecule has 2 saturated carbocycles. The topological polar surface area (TPSA) is 243 Å². The minimum absolute atomic E-state index is 0.0335. The van der Waals surface area contributed by atoms with E-state index in [0.29, 0.717) is 12.1 Å². The Labute approximate surface area is 406 Å². The number of hydrogen-bond acceptors (Lipinski definition) is 16. The quantitative estimate of drug-likeness (QED) is 0.101. The zero-order chi connectivity index (χ0) is 50.9. The predicted octanol–water partition coefficient (Wildman–Crippen LogP) is 4.03. The summed E-state index contributed by atoms with van der Waals surface area (Å²) in [5, 5.41) is 31.3. The molecule has 4 N–H and O–H groups in total. The van der Waals surface area contributed by atoms with E-state index in [2.05, 4.69) is 10.6 Å². The van der Waals surface area contributed by atoms with Crippen LogP contribution < -0.4 is 10.6 Å². The van der Waals surface area contributed by atoms with Gasteiger partial charge in [0.1, 0.15) is 30.0 Å². The molecule has 3 aromatic carbocycles. The average molecular weight is 968 g/mol. The summed E-state index contributed by atoms with van der Waals surface area (Å²) in [6.07, 6.45) is -11.7. The molecule has 4 aliphatic rings. The summed E-state index contributed by atoms with van der Waals surface area (Å²) in [5.74, 6) is -7.05. The van der Waals surface area contributed by atoms with Crippen molar-refractivity contribution in [1.29, 1.82) is 0 Å². The third kappa shape index (κ3) is 9.44. The summed E-state index contributed by atoms with van der Waals surface area (Å²) in [4.78, 5) is 101. The van der Waals surface area contributed by atoms with Crippen LogP contribution in [-0.2, 0) is 47.6 Å². The largest absolute Gasteiger partial charge is 0.456 e. The molecule has 2 amide bonds. The Bertz CT molecular complexity index is 2520. The van der Waals surface area contributed by atoms with E-state index < -0.39 is 119 Å². The van der Waals surface area contributed by atoms with Crippen molar-refractivity contribution in [2.24, 2.45) is 16.7 Å². The number of likely N-dealkylation sites (N-methyl/N-ethyl adjacent to an activating group) is 1. The lowest BCUT2D eigenvalue weighted by molar-refractivity contribution is -0.345. The normalized spacial score (nSPS) is 29.5. The Balaban J connectivity index is 1.41. The Hall–Kier alpha value is -6.47. The van der Waals surface area contributed by atoms with Gasteiger partial charge in [-0.2, -0.15) is 0 Å². The Morgan fingerprint density at radius 1 is 0.829 bits per heavy atom. The van der Waals surface area contributed by atoms with Crippen LogP contribution in [0.15, 0.2) is 102 Å². The van der Waals surface area contributed by atoms with Gasteiger partial charge < -0.3 is 54.2 Å². The third-order valence-corrected chi connectivity index (χ3v) is 14.5. The molecule has 18 nitrogen and oxygen atoms in total. The van der Waals surface area contributed by atoms with Gasteiger partial charge in [-0.15, -0.1) is 0 Å². The number of alkyl carbamates (subject to hydrolysis) is 1. The number of aliphatic hydroxyl groups excluding tert-OH is 1. The molecule has 18 heteroatoms. The molecule has 0 radical (unpaired) electrons. The first-order chi connectivity index (χ1) is 33.1. The number of fused-ring (bicyclic) bond motifs is 5. The maximum atomic E-state index is 16.1. The number of esters is 4. The zero-order valence-electron chi connectivity index (χ0n) is 40.5. The van der Waals surface area contributed by atoms with Crippen molar-refractivity contribution in [2.45, 2.75) is 108 Å². The minimum Gasteiger partial charge on any atom is -0.456 e. The van der Waals surface area contributed by atoms with Crippen molar-refractivity contribution in [3.05, 3.63) is 119 Å². The fraction of sp³-hybridized carbons (Fsp3) is 0.481. The van der Waals surface area contributed by atoms with E-state index in [1.54, 1.807) is 92.7 Å². The number of benzene rings is 3. The second-order valence-corrected chi connectivity index (χ2v) is 19.5. The summed E-state index contributed by atoms with van der Waals surface area (Å²) < 4.78 is 37.1. The fourth-order valence-electron chi connectivity index (χ4n) is 10.9. The standard InChI is InChI=1S/C52H61N3O15/c1-29-35(67-47(62)40(58)39(32-18-12-9-13-19-32)54-45(60)33-20-14-10-15-21-33)27-52(64)44(69-46(61)34-22-16-11-17-23-34)42-50(6,43(59)41(66-30(2)56)38(29)49(52,4)5)36(68-48(63)53-24-25-55(7)8)26-37-51(42,28-65-37)70-31(3)57/h9-23,35-37,39-42,44,58,64H,24-28H2,1-8H3,(H,53,63)(H,54,60)/t35-,36?,37+,39-,40+,41+,42?,44-,50+,51-,52+/m0/s1. The lowest BCUT2D eigenvalue weighted by Crippen LogP contribution is -2.82. The van der Waals surface area contributed by atoms with Crippen LogP contribution in [0, 0.1) is 16.7 Å². The smallest absolute Gasteiger partial charge is 0.407 e. The van der Waals surface area contributed by atoms with Gasteiger partial charge in [0.2, 0.25) is 0 Å². The summed E-state index contributed by atoms with van der Waals surface area (Å²) >= 11 is 0. The van der Waals surface area contributed by atoms with E-state index in [1.165, 1.54) is 26.0 Å². The van der Waals surface area contributed by atoms with Gasteiger partial charge in [-0.05, 0) is 68.9 Å². The molecule has 0 spiro atoms. The SMILES string of the molecule is CC(=O)O[C@H]1C(=O)[C@]2(C)C(OC(=O)NCCN(C)C)C[C@H]3OC[C@@]3(OC(C)=O)C2[C@H](OC(=O)c2ccccc2)[C@]2(O)C[C@H](OC(=O)[C@H](O)[C@@H](NC(=O)c3ccccc3)c3ccccc3)C(C)=C1C2(C)C. The van der Waals surface area contributed by atoms with Crippen molar-refractivity contribution in [2.75, 3.05) is 33.8 Å². The number of rotatable bonds is 14. The van der Waals surface area contributed by atoms with Gasteiger partial charge in [-0.1, -0.05) is 80.6 Å². The van der Waals surface area contributed by atoms with E-state index in [0.717, 1.165) is 13.8 Å². The molecule has 3 aromatic rings. The van der Waals surface area contributed by atoms with Crippen LogP contribution in [0.1, 0.15) is 86.7 Å². The monoisotopic (exact) mass is 967 g/mol. The summed E-state index contributed by atoms with van der Waals surface area (Å²) in [6.45, 7) is 8.52. The lowest BCUT2D eigenvalue weighted by atomic mass is 9.44. The first-order valence-corrected chi connectivity index (χ1v) is 23.2. The van der Waals surface area contributed by atoms with Crippen LogP contribution >= 0.6 is 0 Å². The lowest BCUT2D eigenvalue weighted by Gasteiger charge is -2.67. The summed E-state index contributed by atoms with van der Waals surface area (Å²) in [7, 11) is 3.62. The van der Waals surface area contributed by atoms with Gasteiger partial charge in [0.25, 0.3) is 5.91 Å². The van der Waals surface area contributed by atoms with Crippen LogP contribution in [0.4, 0.5) is 4.79 Å². The van der Waals surface area contributed by atoms with Crippen molar-refractivity contribution in [3.63, 3.8) is 0 Å². The third-order valence-electron chi connectivity index (χ3n) is 14.5. The van der Waals surface area contributed by atoms with Crippen LogP contribution in [0.25, 0.3) is 0 Å². The van der Waals surface area contributed by atoms with Crippen LogP contribution in [0.2, 0.25) is 0 Å². The van der Waals surface area contributed by atoms with Gasteiger partial charge in [0.15, 0.2) is 23.6 Å². The number of ether oxygens (including phenoxy) is 6. The molecular formula is C52H61N3O15. The van der Waals surface area contributed by atoms with Crippen LogP contribution in [0.5, 0.6) is 0 Å². The molecule has 70 heavy (non-hydrogen) atoms. The van der Waals surface area contributed by atoms with Crippen LogP contribution in [-0.4, -0.2) is 138 Å². The number of nitrogens with zero attached hydrogens (tertiary/aromatic N) is 1. The molecule has 2 unspecified atom stereocenters. The zero-order valence-corrected chi connectivity index (χ0v) is 40.5. The second kappa shape index (κ2) is 20.1. The van der Waals surface area contributed by atoms with E-state index >= 15 is 4.79 Å². The molecule has 374 valence electrons. The van der Waals surface area contributed by atoms with Gasteiger partial charge in [-0.25, -0.2) is 14.4 Å². The second-order valence-electron chi connectivity index (χ2n) is 19.5. The first-order valence-electron chi connectivity index (χ1n) is 23.2. The van der Waals surface area contributed by atoms with Crippen molar-refractivity contribution >= 4 is 41.7 Å². The highest BCUT2D eigenvalue weighted by atomic mass is 16.6. The van der Waals surface area contributed by atoms with E-state index in [1.807, 2.05) is 19.0 Å². The highest BCUT2D eigenvalue weighted by molar-refractivity contribution is 5.96. The predicted molar refractivity (Wildman–Crippen MR) is 249 cm³/mol. The molecule has 1 aliphatic heterocycles. The van der Waals surface area contributed by atoms with Gasteiger partial charge in [-0.3, -0.25) is 19.2 Å². The molecule has 1 heterocycles. The number of aliphatic hydroxyl groups is 2. The van der Waals surface area contributed by atoms with E-state index in [-0.39, 0.29) is 41.8 Å². The fourth-order valence-corrected chi connectivity index (χ4v) is 10.9. The van der Waals surface area contributed by atoms with E-state index in [4.69, 9.17) is 28.4 Å². The Morgan fingerprint density at radius 2 is 1.43 bits per heavy atom. The maximum Gasteiger partial charge on any atom is 0.407 e. The Morgan fingerprint density at radius 3 is 1.99 bits per heavy atom. The number of Topliss-reactive ketones (excluding diaryl/α,β-unsaturated/α-hetero) is 1. The van der Waals surface area contributed by atoms with Gasteiger partial charge in [0.05, 0.1) is 29.5 Å². The number of ketones is 1. The minimum atomic E-state index is -2.46. The molecule has 1 saturated heterocycles. The molecule has 2 bridgehead atoms. The Kier molecular flexibility index (Phi) is 14.8. The maximum absolute atomic E-state index is 16.1. The molecule has 3 aliphatic carbocycles.